The summed E-state index contributed by atoms with van der Waals surface area (Å²) in [6.07, 6.45) is 5.46. The molecule has 0 aliphatic carbocycles. The van der Waals surface area contributed by atoms with Gasteiger partial charge in [-0.25, -0.2) is 4.98 Å². The number of aromatic nitrogens is 2. The number of hydrogen-bond donors (Lipinski definition) is 1. The Labute approximate surface area is 106 Å². The Balaban J connectivity index is 1.99. The van der Waals surface area contributed by atoms with Crippen LogP contribution in [-0.2, 0) is 0 Å². The van der Waals surface area contributed by atoms with Crippen LogP contribution in [0, 0.1) is 0 Å². The fourth-order valence-corrected chi connectivity index (χ4v) is 2.22. The summed E-state index contributed by atoms with van der Waals surface area (Å²) in [5.74, 6) is 0.992. The Morgan fingerprint density at radius 3 is 2.89 bits per heavy atom. The quantitative estimate of drug-likeness (QED) is 0.879. The summed E-state index contributed by atoms with van der Waals surface area (Å²) < 4.78 is 0. The molecule has 5 nitrogen and oxygen atoms in total. The Hall–Kier alpha value is -2.14. The highest BCUT2D eigenvalue weighted by molar-refractivity contribution is 5.79. The molecule has 0 atom stereocenters. The van der Waals surface area contributed by atoms with E-state index >= 15 is 0 Å². The fourth-order valence-electron chi connectivity index (χ4n) is 2.22. The molecule has 0 saturated carbocycles. The molecule has 0 spiro atoms. The first-order valence-electron chi connectivity index (χ1n) is 5.98. The van der Waals surface area contributed by atoms with E-state index in [9.17, 15) is 0 Å². The minimum absolute atomic E-state index is 0.622. The van der Waals surface area contributed by atoms with Gasteiger partial charge in [0.1, 0.15) is 0 Å². The minimum Gasteiger partial charge on any atom is -0.336 e. The van der Waals surface area contributed by atoms with E-state index in [1.807, 2.05) is 24.5 Å². The van der Waals surface area contributed by atoms with Gasteiger partial charge in [0.15, 0.2) is 5.82 Å². The van der Waals surface area contributed by atoms with Gasteiger partial charge >= 0.3 is 0 Å². The van der Waals surface area contributed by atoms with E-state index in [0.717, 1.165) is 30.4 Å². The minimum atomic E-state index is 0.622. The van der Waals surface area contributed by atoms with Gasteiger partial charge in [0.2, 0.25) is 0 Å². The van der Waals surface area contributed by atoms with Gasteiger partial charge in [-0.15, -0.1) is 0 Å². The van der Waals surface area contributed by atoms with E-state index in [1.165, 1.54) is 0 Å². The topological polar surface area (TPSA) is 58.3 Å². The zero-order chi connectivity index (χ0) is 12.4. The van der Waals surface area contributed by atoms with E-state index in [1.54, 1.807) is 6.20 Å². The van der Waals surface area contributed by atoms with Gasteiger partial charge in [-0.2, -0.15) is 0 Å². The van der Waals surface area contributed by atoms with Crippen molar-refractivity contribution in [2.75, 3.05) is 29.6 Å². The third-order valence-corrected chi connectivity index (χ3v) is 3.03. The largest absolute Gasteiger partial charge is 0.336 e. The predicted molar refractivity (Wildman–Crippen MR) is 71.9 cm³/mol. The average molecular weight is 241 g/mol. The van der Waals surface area contributed by atoms with Crippen LogP contribution >= 0.6 is 0 Å². The second-order valence-corrected chi connectivity index (χ2v) is 4.18. The maximum atomic E-state index is 5.65. The molecule has 0 radical (unpaired) electrons. The smallest absolute Gasteiger partial charge is 0.154 e. The molecule has 0 saturated heterocycles. The lowest BCUT2D eigenvalue weighted by molar-refractivity contribution is 0.809. The highest BCUT2D eigenvalue weighted by Gasteiger charge is 2.27. The van der Waals surface area contributed by atoms with Crippen molar-refractivity contribution < 1.29 is 0 Å². The average Bonchev–Trinajstić information content (AvgIpc) is 2.80. The van der Waals surface area contributed by atoms with E-state index < -0.39 is 0 Å². The first kappa shape index (κ1) is 11.0. The SMILES string of the molecule is NCCN1CN(c2cccnc2)c2cccnc21. The van der Waals surface area contributed by atoms with Crippen LogP contribution in [0.1, 0.15) is 0 Å². The highest BCUT2D eigenvalue weighted by Crippen LogP contribution is 2.37. The van der Waals surface area contributed by atoms with Crippen molar-refractivity contribution in [3.05, 3.63) is 42.9 Å². The van der Waals surface area contributed by atoms with Crippen LogP contribution in [0.15, 0.2) is 42.9 Å². The molecule has 5 heteroatoms. The number of fused-ring (bicyclic) bond motifs is 1. The monoisotopic (exact) mass is 241 g/mol. The van der Waals surface area contributed by atoms with E-state index in [-0.39, 0.29) is 0 Å². The molecule has 18 heavy (non-hydrogen) atoms. The van der Waals surface area contributed by atoms with Gasteiger partial charge < -0.3 is 15.5 Å². The van der Waals surface area contributed by atoms with Crippen LogP contribution in [0.5, 0.6) is 0 Å². The van der Waals surface area contributed by atoms with E-state index in [4.69, 9.17) is 5.73 Å². The number of nitrogens with two attached hydrogens (primary N) is 1. The summed E-state index contributed by atoms with van der Waals surface area (Å²) in [6.45, 7) is 2.20. The maximum absolute atomic E-state index is 5.65. The molecule has 2 aromatic rings. The molecule has 3 rings (SSSR count). The molecular formula is C13H15N5. The Morgan fingerprint density at radius 1 is 1.22 bits per heavy atom. The number of rotatable bonds is 3. The number of pyridine rings is 2. The summed E-state index contributed by atoms with van der Waals surface area (Å²) in [4.78, 5) is 13.0. The number of nitrogens with zero attached hydrogens (tertiary/aromatic N) is 4. The van der Waals surface area contributed by atoms with Gasteiger partial charge in [-0.05, 0) is 24.3 Å². The molecule has 2 aromatic heterocycles. The molecule has 0 bridgehead atoms. The lowest BCUT2D eigenvalue weighted by Gasteiger charge is -2.20. The Kier molecular flexibility index (Phi) is 2.82. The predicted octanol–water partition coefficient (Wildman–Crippen LogP) is 1.35. The number of hydrogen-bond acceptors (Lipinski definition) is 5. The molecule has 0 unspecified atom stereocenters. The molecule has 0 aromatic carbocycles. The molecule has 1 aliphatic rings. The first-order chi connectivity index (χ1) is 8.90. The third-order valence-electron chi connectivity index (χ3n) is 3.03. The summed E-state index contributed by atoms with van der Waals surface area (Å²) in [5, 5.41) is 0. The standard InChI is InChI=1S/C13H15N5/c14-5-8-17-10-18(11-3-1-6-15-9-11)12-4-2-7-16-13(12)17/h1-4,6-7,9H,5,8,10,14H2. The maximum Gasteiger partial charge on any atom is 0.154 e. The van der Waals surface area contributed by atoms with Crippen LogP contribution in [0.3, 0.4) is 0 Å². The fraction of sp³-hybridized carbons (Fsp3) is 0.231. The summed E-state index contributed by atoms with van der Waals surface area (Å²) in [7, 11) is 0. The molecule has 2 N–H and O–H groups in total. The van der Waals surface area contributed by atoms with Crippen molar-refractivity contribution in [1.82, 2.24) is 9.97 Å². The first-order valence-corrected chi connectivity index (χ1v) is 5.98. The molecular weight excluding hydrogens is 226 g/mol. The van der Waals surface area contributed by atoms with Gasteiger partial charge in [-0.3, -0.25) is 4.98 Å². The van der Waals surface area contributed by atoms with Crippen LogP contribution in [0.4, 0.5) is 17.2 Å². The Bertz CT molecular complexity index is 528. The molecule has 0 amide bonds. The highest BCUT2D eigenvalue weighted by atomic mass is 15.4. The van der Waals surface area contributed by atoms with Crippen molar-refractivity contribution in [2.45, 2.75) is 0 Å². The van der Waals surface area contributed by atoms with Crippen LogP contribution in [-0.4, -0.2) is 29.7 Å². The molecule has 92 valence electrons. The van der Waals surface area contributed by atoms with Crippen molar-refractivity contribution >= 4 is 17.2 Å². The summed E-state index contributed by atoms with van der Waals surface area (Å²) in [5.41, 5.74) is 7.83. The van der Waals surface area contributed by atoms with Gasteiger partial charge in [0.25, 0.3) is 0 Å². The van der Waals surface area contributed by atoms with Gasteiger partial charge in [-0.1, -0.05) is 0 Å². The van der Waals surface area contributed by atoms with Crippen molar-refractivity contribution in [3.8, 4) is 0 Å². The third kappa shape index (κ3) is 1.78. The zero-order valence-electron chi connectivity index (χ0n) is 10.0. The van der Waals surface area contributed by atoms with Gasteiger partial charge in [0, 0.05) is 25.5 Å². The number of anilines is 3. The van der Waals surface area contributed by atoms with E-state index in [0.29, 0.717) is 6.54 Å². The summed E-state index contributed by atoms with van der Waals surface area (Å²) in [6, 6.07) is 8.02. The molecule has 0 fully saturated rings. The van der Waals surface area contributed by atoms with Gasteiger partial charge in [0.05, 0.1) is 24.2 Å². The normalized spacial score (nSPS) is 13.8. The van der Waals surface area contributed by atoms with Crippen molar-refractivity contribution in [3.63, 3.8) is 0 Å². The van der Waals surface area contributed by atoms with Crippen LogP contribution in [0.25, 0.3) is 0 Å². The lowest BCUT2D eigenvalue weighted by Crippen LogP contribution is -2.32. The van der Waals surface area contributed by atoms with Crippen molar-refractivity contribution in [1.29, 1.82) is 0 Å². The Morgan fingerprint density at radius 2 is 2.11 bits per heavy atom. The van der Waals surface area contributed by atoms with Crippen LogP contribution in [0.2, 0.25) is 0 Å². The lowest BCUT2D eigenvalue weighted by atomic mass is 10.3. The molecule has 3 heterocycles. The van der Waals surface area contributed by atoms with Crippen LogP contribution < -0.4 is 15.5 Å². The molecule has 1 aliphatic heterocycles. The summed E-state index contributed by atoms with van der Waals surface area (Å²) >= 11 is 0. The zero-order valence-corrected chi connectivity index (χ0v) is 10.0. The second-order valence-electron chi connectivity index (χ2n) is 4.18. The van der Waals surface area contributed by atoms with E-state index in [2.05, 4.69) is 31.9 Å². The van der Waals surface area contributed by atoms with Crippen molar-refractivity contribution in [2.24, 2.45) is 5.73 Å². The second kappa shape index (κ2) is 4.62.